The van der Waals surface area contributed by atoms with Crippen LogP contribution in [0.25, 0.3) is 10.2 Å². The first-order valence-electron chi connectivity index (χ1n) is 11.1. The highest BCUT2D eigenvalue weighted by Gasteiger charge is 2.22. The molecule has 0 fully saturated rings. The monoisotopic (exact) mass is 509 g/mol. The molecule has 0 bridgehead atoms. The Labute approximate surface area is 212 Å². The highest BCUT2D eigenvalue weighted by Crippen LogP contribution is 2.32. The van der Waals surface area contributed by atoms with Crippen molar-refractivity contribution in [2.24, 2.45) is 0 Å². The number of thioether (sulfide) groups is 1. The van der Waals surface area contributed by atoms with Gasteiger partial charge in [0.05, 0.1) is 37.1 Å². The van der Waals surface area contributed by atoms with Gasteiger partial charge in [-0.25, -0.2) is 4.98 Å². The van der Waals surface area contributed by atoms with Crippen molar-refractivity contribution in [2.45, 2.75) is 32.0 Å². The minimum Gasteiger partial charge on any atom is -0.497 e. The van der Waals surface area contributed by atoms with Crippen LogP contribution in [-0.2, 0) is 4.79 Å². The van der Waals surface area contributed by atoms with Crippen molar-refractivity contribution in [3.05, 3.63) is 74.9 Å². The third kappa shape index (κ3) is 5.06. The van der Waals surface area contributed by atoms with Gasteiger partial charge in [-0.05, 0) is 44.0 Å². The first kappa shape index (κ1) is 24.8. The topological polar surface area (TPSA) is 82.5 Å². The van der Waals surface area contributed by atoms with Crippen LogP contribution in [0.5, 0.6) is 11.5 Å². The molecule has 0 saturated carbocycles. The van der Waals surface area contributed by atoms with E-state index in [9.17, 15) is 9.59 Å². The number of ether oxygens (including phenoxy) is 2. The number of benzene rings is 2. The molecule has 0 spiro atoms. The summed E-state index contributed by atoms with van der Waals surface area (Å²) < 4.78 is 12.3. The van der Waals surface area contributed by atoms with Crippen molar-refractivity contribution in [1.29, 1.82) is 0 Å². The van der Waals surface area contributed by atoms with Crippen molar-refractivity contribution in [2.75, 3.05) is 25.3 Å². The molecule has 1 amide bonds. The van der Waals surface area contributed by atoms with E-state index in [0.717, 1.165) is 16.0 Å². The zero-order valence-corrected chi connectivity index (χ0v) is 21.9. The Morgan fingerprint density at radius 3 is 2.57 bits per heavy atom. The number of nitrogens with zero attached hydrogens (tertiary/aromatic N) is 2. The smallest absolute Gasteiger partial charge is 0.263 e. The van der Waals surface area contributed by atoms with Crippen LogP contribution < -0.4 is 20.3 Å². The standard InChI is InChI=1S/C26H27N3O4S2/c1-15-17(3)35-24-23(15)25(31)29(16(2)18-9-7-6-8-10-18)26(28-24)34-14-22(30)27-20-12-11-19(32-4)13-21(20)33-5/h6-13,16H,14H2,1-5H3,(H,27,30). The molecule has 35 heavy (non-hydrogen) atoms. The fourth-order valence-corrected chi connectivity index (χ4v) is 5.78. The quantitative estimate of drug-likeness (QED) is 0.252. The summed E-state index contributed by atoms with van der Waals surface area (Å²) in [7, 11) is 3.10. The van der Waals surface area contributed by atoms with Gasteiger partial charge < -0.3 is 14.8 Å². The molecule has 2 aromatic heterocycles. The Balaban J connectivity index is 1.66. The largest absolute Gasteiger partial charge is 0.497 e. The number of rotatable bonds is 8. The minimum atomic E-state index is -0.243. The van der Waals surface area contributed by atoms with Gasteiger partial charge in [-0.1, -0.05) is 42.1 Å². The number of thiophene rings is 1. The summed E-state index contributed by atoms with van der Waals surface area (Å²) in [6, 6.07) is 14.8. The van der Waals surface area contributed by atoms with Gasteiger partial charge in [0.25, 0.3) is 5.56 Å². The molecule has 1 unspecified atom stereocenters. The van der Waals surface area contributed by atoms with Crippen LogP contribution in [0.3, 0.4) is 0 Å². The molecule has 4 aromatic rings. The second kappa shape index (κ2) is 10.5. The molecular weight excluding hydrogens is 482 g/mol. The van der Waals surface area contributed by atoms with Gasteiger partial charge in [0.15, 0.2) is 5.16 Å². The number of carbonyl (C=O) groups is 1. The van der Waals surface area contributed by atoms with E-state index in [0.29, 0.717) is 32.6 Å². The molecule has 9 heteroatoms. The van der Waals surface area contributed by atoms with Crippen LogP contribution in [0.2, 0.25) is 0 Å². The van der Waals surface area contributed by atoms with Crippen LogP contribution in [0.4, 0.5) is 5.69 Å². The zero-order chi connectivity index (χ0) is 25.1. The lowest BCUT2D eigenvalue weighted by atomic mass is 10.1. The SMILES string of the molecule is COc1ccc(NC(=O)CSc2nc3sc(C)c(C)c3c(=O)n2C(C)c2ccccc2)c(OC)c1. The maximum absolute atomic E-state index is 13.7. The molecule has 0 saturated heterocycles. The highest BCUT2D eigenvalue weighted by atomic mass is 32.2. The van der Waals surface area contributed by atoms with E-state index in [4.69, 9.17) is 14.5 Å². The first-order valence-corrected chi connectivity index (χ1v) is 12.9. The molecule has 1 N–H and O–H groups in total. The zero-order valence-electron chi connectivity index (χ0n) is 20.2. The summed E-state index contributed by atoms with van der Waals surface area (Å²) in [6.07, 6.45) is 0. The van der Waals surface area contributed by atoms with Crippen LogP contribution in [0.15, 0.2) is 58.5 Å². The predicted octanol–water partition coefficient (Wildman–Crippen LogP) is 5.43. The molecule has 1 atom stereocenters. The number of amides is 1. The van der Waals surface area contributed by atoms with E-state index in [1.165, 1.54) is 30.2 Å². The van der Waals surface area contributed by atoms with Gasteiger partial charge in [0, 0.05) is 10.9 Å². The molecule has 0 aliphatic heterocycles. The average Bonchev–Trinajstić information content (AvgIpc) is 3.16. The number of methoxy groups -OCH3 is 2. The van der Waals surface area contributed by atoms with Gasteiger partial charge >= 0.3 is 0 Å². The van der Waals surface area contributed by atoms with Gasteiger partial charge in [-0.15, -0.1) is 11.3 Å². The number of carbonyl (C=O) groups excluding carboxylic acids is 1. The number of aryl methyl sites for hydroxylation is 2. The van der Waals surface area contributed by atoms with Crippen molar-refractivity contribution in [1.82, 2.24) is 9.55 Å². The molecule has 182 valence electrons. The molecule has 7 nitrogen and oxygen atoms in total. The number of hydrogen-bond acceptors (Lipinski definition) is 7. The van der Waals surface area contributed by atoms with E-state index in [1.54, 1.807) is 29.9 Å². The summed E-state index contributed by atoms with van der Waals surface area (Å²) in [5.41, 5.74) is 2.40. The van der Waals surface area contributed by atoms with Gasteiger partial charge in [-0.3, -0.25) is 14.2 Å². The number of anilines is 1. The van der Waals surface area contributed by atoms with E-state index in [2.05, 4.69) is 5.32 Å². The van der Waals surface area contributed by atoms with Crippen molar-refractivity contribution in [3.8, 4) is 11.5 Å². The van der Waals surface area contributed by atoms with Crippen molar-refractivity contribution >= 4 is 44.9 Å². The number of hydrogen-bond donors (Lipinski definition) is 1. The van der Waals surface area contributed by atoms with Gasteiger partial charge in [0.1, 0.15) is 16.3 Å². The second-order valence-corrected chi connectivity index (χ2v) is 10.2. The van der Waals surface area contributed by atoms with Crippen LogP contribution >= 0.6 is 23.1 Å². The lowest BCUT2D eigenvalue weighted by Gasteiger charge is -2.19. The fourth-order valence-electron chi connectivity index (χ4n) is 3.83. The lowest BCUT2D eigenvalue weighted by Crippen LogP contribution is -2.27. The summed E-state index contributed by atoms with van der Waals surface area (Å²) in [6.45, 7) is 5.93. The molecule has 4 rings (SSSR count). The van der Waals surface area contributed by atoms with Crippen LogP contribution in [0, 0.1) is 13.8 Å². The second-order valence-electron chi connectivity index (χ2n) is 8.02. The first-order chi connectivity index (χ1) is 16.8. The Morgan fingerprint density at radius 2 is 1.89 bits per heavy atom. The van der Waals surface area contributed by atoms with E-state index >= 15 is 0 Å². The molecular formula is C26H27N3O4S2. The molecule has 0 aliphatic carbocycles. The summed E-state index contributed by atoms with van der Waals surface area (Å²) in [5.74, 6) is 0.983. The Bertz CT molecular complexity index is 1430. The molecule has 0 aliphatic rings. The van der Waals surface area contributed by atoms with Gasteiger partial charge in [-0.2, -0.15) is 0 Å². The lowest BCUT2D eigenvalue weighted by molar-refractivity contribution is -0.113. The molecule has 2 heterocycles. The van der Waals surface area contributed by atoms with Crippen LogP contribution in [-0.4, -0.2) is 35.4 Å². The predicted molar refractivity (Wildman–Crippen MR) is 143 cm³/mol. The van der Waals surface area contributed by atoms with Crippen LogP contribution in [0.1, 0.15) is 29.0 Å². The maximum Gasteiger partial charge on any atom is 0.263 e. The van der Waals surface area contributed by atoms with E-state index < -0.39 is 0 Å². The third-order valence-corrected chi connectivity index (χ3v) is 7.94. The summed E-state index contributed by atoms with van der Waals surface area (Å²) in [5, 5.41) is 4.03. The Hall–Kier alpha value is -3.30. The Kier molecular flexibility index (Phi) is 7.47. The third-order valence-electron chi connectivity index (χ3n) is 5.89. The fraction of sp³-hybridized carbons (Fsp3) is 0.269. The van der Waals surface area contributed by atoms with Crippen molar-refractivity contribution < 1.29 is 14.3 Å². The minimum absolute atomic E-state index is 0.0813. The average molecular weight is 510 g/mol. The number of fused-ring (bicyclic) bond motifs is 1. The van der Waals surface area contributed by atoms with E-state index in [1.807, 2.05) is 51.1 Å². The molecule has 2 aromatic carbocycles. The maximum atomic E-state index is 13.7. The summed E-state index contributed by atoms with van der Waals surface area (Å²) in [4.78, 5) is 33.1. The highest BCUT2D eigenvalue weighted by molar-refractivity contribution is 7.99. The Morgan fingerprint density at radius 1 is 1.14 bits per heavy atom. The summed E-state index contributed by atoms with van der Waals surface area (Å²) >= 11 is 2.75. The van der Waals surface area contributed by atoms with Gasteiger partial charge in [0.2, 0.25) is 5.91 Å². The number of aromatic nitrogens is 2. The number of nitrogens with one attached hydrogen (secondary N) is 1. The van der Waals surface area contributed by atoms with E-state index in [-0.39, 0.29) is 23.3 Å². The van der Waals surface area contributed by atoms with Crippen molar-refractivity contribution in [3.63, 3.8) is 0 Å². The molecule has 0 radical (unpaired) electrons. The normalized spacial score (nSPS) is 11.9.